The normalized spacial score (nSPS) is 14.3. The largest absolute Gasteiger partial charge is 0.495 e. The predicted octanol–water partition coefficient (Wildman–Crippen LogP) is 6.36. The van der Waals surface area contributed by atoms with Crippen molar-refractivity contribution >= 4 is 67.6 Å². The van der Waals surface area contributed by atoms with Gasteiger partial charge in [-0.2, -0.15) is 0 Å². The summed E-state index contributed by atoms with van der Waals surface area (Å²) in [5.74, 6) is 1.24. The van der Waals surface area contributed by atoms with E-state index in [0.717, 1.165) is 5.56 Å². The van der Waals surface area contributed by atoms with Crippen molar-refractivity contribution < 1.29 is 23.9 Å². The number of thiocarbonyl (C=S) groups is 1. The second-order valence-electron chi connectivity index (χ2n) is 7.43. The van der Waals surface area contributed by atoms with Crippen molar-refractivity contribution in [2.75, 3.05) is 19.1 Å². The molecule has 0 unspecified atom stereocenters. The van der Waals surface area contributed by atoms with Crippen molar-refractivity contribution in [3.63, 3.8) is 0 Å². The van der Waals surface area contributed by atoms with E-state index in [1.54, 1.807) is 49.6 Å². The number of hydrogen-bond acceptors (Lipinski definition) is 8. The van der Waals surface area contributed by atoms with Gasteiger partial charge in [-0.15, -0.1) is 0 Å². The lowest BCUT2D eigenvalue weighted by molar-refractivity contribution is -0.384. The molecule has 3 aromatic rings. The van der Waals surface area contributed by atoms with Gasteiger partial charge in [0.2, 0.25) is 0 Å². The maximum Gasteiger partial charge on any atom is 0.270 e. The summed E-state index contributed by atoms with van der Waals surface area (Å²) in [4.78, 5) is 25.5. The molecule has 8 nitrogen and oxygen atoms in total. The molecule has 36 heavy (non-hydrogen) atoms. The quantitative estimate of drug-likeness (QED) is 0.130. The van der Waals surface area contributed by atoms with Crippen LogP contribution in [0, 0.1) is 10.1 Å². The van der Waals surface area contributed by atoms with Crippen molar-refractivity contribution in [2.45, 2.75) is 6.61 Å². The van der Waals surface area contributed by atoms with Gasteiger partial charge >= 0.3 is 0 Å². The Morgan fingerprint density at radius 3 is 2.42 bits per heavy atom. The summed E-state index contributed by atoms with van der Waals surface area (Å²) >= 11 is 10.2. The van der Waals surface area contributed by atoms with Gasteiger partial charge in [0.05, 0.1) is 29.7 Å². The van der Waals surface area contributed by atoms with E-state index in [2.05, 4.69) is 15.9 Å². The van der Waals surface area contributed by atoms with E-state index in [1.807, 2.05) is 12.1 Å². The van der Waals surface area contributed by atoms with E-state index in [9.17, 15) is 14.9 Å². The topological polar surface area (TPSA) is 91.1 Å². The van der Waals surface area contributed by atoms with Crippen LogP contribution in [-0.2, 0) is 11.4 Å². The van der Waals surface area contributed by atoms with Gasteiger partial charge < -0.3 is 14.2 Å². The van der Waals surface area contributed by atoms with Gasteiger partial charge in [0.25, 0.3) is 11.6 Å². The molecule has 0 saturated carbocycles. The van der Waals surface area contributed by atoms with Gasteiger partial charge in [-0.3, -0.25) is 19.8 Å². The lowest BCUT2D eigenvalue weighted by atomic mass is 10.1. The molecule has 0 aromatic heterocycles. The van der Waals surface area contributed by atoms with Crippen molar-refractivity contribution in [1.29, 1.82) is 0 Å². The zero-order chi connectivity index (χ0) is 25.8. The van der Waals surface area contributed by atoms with Gasteiger partial charge in [-0.25, -0.2) is 0 Å². The second-order valence-corrected chi connectivity index (χ2v) is 9.96. The fourth-order valence-electron chi connectivity index (χ4n) is 3.44. The second kappa shape index (κ2) is 11.1. The molecule has 1 fully saturated rings. The number of nitro groups is 1. The summed E-state index contributed by atoms with van der Waals surface area (Å²) in [6, 6.07) is 16.8. The van der Waals surface area contributed by atoms with Gasteiger partial charge in [-0.05, 0) is 53.6 Å². The van der Waals surface area contributed by atoms with E-state index >= 15 is 0 Å². The molecule has 0 aliphatic carbocycles. The van der Waals surface area contributed by atoms with E-state index < -0.39 is 4.92 Å². The Balaban J connectivity index is 1.56. The van der Waals surface area contributed by atoms with Gasteiger partial charge in [0.15, 0.2) is 15.8 Å². The van der Waals surface area contributed by atoms with Gasteiger partial charge in [0, 0.05) is 16.6 Å². The molecule has 0 N–H and O–H groups in total. The standard InChI is InChI=1S/C25H19BrN2O6S2/c1-32-20-6-4-3-5-19(20)27-24(29)23(36-25(27)35)12-16-11-21(33-2)22(13-18(16)26)34-14-15-7-9-17(10-8-15)28(30)31/h3-13H,14H2,1-2H3/b23-12+. The summed E-state index contributed by atoms with van der Waals surface area (Å²) in [6.45, 7) is 0.192. The summed E-state index contributed by atoms with van der Waals surface area (Å²) < 4.78 is 17.9. The minimum absolute atomic E-state index is 0.0135. The number of methoxy groups -OCH3 is 2. The number of carbonyl (C=O) groups excluding carboxylic acids is 1. The Labute approximate surface area is 225 Å². The minimum Gasteiger partial charge on any atom is -0.495 e. The lowest BCUT2D eigenvalue weighted by Crippen LogP contribution is -2.27. The number of non-ortho nitro benzene ring substituents is 1. The summed E-state index contributed by atoms with van der Waals surface area (Å²) in [5, 5.41) is 10.8. The molecule has 0 bridgehead atoms. The Bertz CT molecular complexity index is 1380. The molecular weight excluding hydrogens is 568 g/mol. The SMILES string of the molecule is COc1cc(/C=C2/SC(=S)N(c3ccccc3OC)C2=O)c(Br)cc1OCc1ccc([N+](=O)[O-])cc1. The third-order valence-corrected chi connectivity index (χ3v) is 7.22. The molecule has 0 atom stereocenters. The molecule has 3 aromatic carbocycles. The van der Waals surface area contributed by atoms with Gasteiger partial charge in [0.1, 0.15) is 12.4 Å². The molecule has 4 rings (SSSR count). The molecule has 11 heteroatoms. The van der Waals surface area contributed by atoms with Crippen molar-refractivity contribution in [3.05, 3.63) is 91.3 Å². The monoisotopic (exact) mass is 586 g/mol. The first-order valence-corrected chi connectivity index (χ1v) is 12.5. The highest BCUT2D eigenvalue weighted by atomic mass is 79.9. The van der Waals surface area contributed by atoms with Crippen LogP contribution in [0.3, 0.4) is 0 Å². The van der Waals surface area contributed by atoms with Crippen LogP contribution < -0.4 is 19.1 Å². The molecular formula is C25H19BrN2O6S2. The highest BCUT2D eigenvalue weighted by Crippen LogP contribution is 2.41. The number of thioether (sulfide) groups is 1. The van der Waals surface area contributed by atoms with Crippen LogP contribution in [0.1, 0.15) is 11.1 Å². The first-order valence-electron chi connectivity index (χ1n) is 10.5. The average Bonchev–Trinajstić information content (AvgIpc) is 3.16. The number of nitrogens with zero attached hydrogens (tertiary/aromatic N) is 2. The number of halogens is 1. The van der Waals surface area contributed by atoms with Crippen LogP contribution in [0.2, 0.25) is 0 Å². The fraction of sp³-hybridized carbons (Fsp3) is 0.120. The van der Waals surface area contributed by atoms with Crippen molar-refractivity contribution in [2.24, 2.45) is 0 Å². The Morgan fingerprint density at radius 1 is 1.06 bits per heavy atom. The molecule has 0 spiro atoms. The summed E-state index contributed by atoms with van der Waals surface area (Å²) in [6.07, 6.45) is 1.74. The number of rotatable bonds is 8. The molecule has 1 amide bonds. The maximum absolute atomic E-state index is 13.2. The molecule has 1 aliphatic rings. The smallest absolute Gasteiger partial charge is 0.270 e. The number of benzene rings is 3. The van der Waals surface area contributed by atoms with Crippen LogP contribution in [0.15, 0.2) is 70.0 Å². The Kier molecular flexibility index (Phi) is 7.92. The van der Waals surface area contributed by atoms with Crippen molar-refractivity contribution in [1.82, 2.24) is 0 Å². The van der Waals surface area contributed by atoms with Gasteiger partial charge in [-0.1, -0.05) is 52.0 Å². The van der Waals surface area contributed by atoms with E-state index in [4.69, 9.17) is 26.4 Å². The highest BCUT2D eigenvalue weighted by Gasteiger charge is 2.35. The molecule has 184 valence electrons. The van der Waals surface area contributed by atoms with E-state index in [1.165, 1.54) is 35.9 Å². The molecule has 1 heterocycles. The third-order valence-electron chi connectivity index (χ3n) is 5.23. The Morgan fingerprint density at radius 2 is 1.75 bits per heavy atom. The first-order chi connectivity index (χ1) is 17.3. The van der Waals surface area contributed by atoms with E-state index in [-0.39, 0.29) is 18.2 Å². The van der Waals surface area contributed by atoms with Crippen molar-refractivity contribution in [3.8, 4) is 17.2 Å². The van der Waals surface area contributed by atoms with Crippen LogP contribution in [0.4, 0.5) is 11.4 Å². The molecule has 1 aliphatic heterocycles. The minimum atomic E-state index is -0.451. The van der Waals surface area contributed by atoms with Crippen LogP contribution in [0.25, 0.3) is 6.08 Å². The zero-order valence-electron chi connectivity index (χ0n) is 19.1. The summed E-state index contributed by atoms with van der Waals surface area (Å²) in [5.41, 5.74) is 2.06. The lowest BCUT2D eigenvalue weighted by Gasteiger charge is -2.17. The average molecular weight is 587 g/mol. The van der Waals surface area contributed by atoms with Crippen LogP contribution >= 0.6 is 39.9 Å². The van der Waals surface area contributed by atoms with Crippen LogP contribution in [-0.4, -0.2) is 29.4 Å². The first kappa shape index (κ1) is 25.7. The maximum atomic E-state index is 13.2. The number of ether oxygens (including phenoxy) is 3. The fourth-order valence-corrected chi connectivity index (χ4v) is 5.15. The molecule has 0 radical (unpaired) electrons. The zero-order valence-corrected chi connectivity index (χ0v) is 22.3. The number of nitro benzene ring substituents is 1. The Hall–Kier alpha value is -3.41. The predicted molar refractivity (Wildman–Crippen MR) is 147 cm³/mol. The highest BCUT2D eigenvalue weighted by molar-refractivity contribution is 9.10. The number of hydrogen-bond donors (Lipinski definition) is 0. The summed E-state index contributed by atoms with van der Waals surface area (Å²) in [7, 11) is 3.06. The van der Waals surface area contributed by atoms with E-state index in [0.29, 0.717) is 42.2 Å². The number of carbonyl (C=O) groups is 1. The number of amides is 1. The third kappa shape index (κ3) is 5.38. The number of anilines is 1. The van der Waals surface area contributed by atoms with Crippen LogP contribution in [0.5, 0.6) is 17.2 Å². The number of para-hydroxylation sites is 2. The molecule has 1 saturated heterocycles.